The number of carbonyl (C=O) groups is 1. The number of hydrazone groups is 1. The first-order valence-electron chi connectivity index (χ1n) is 7.67. The zero-order valence-corrected chi connectivity index (χ0v) is 14.2. The summed E-state index contributed by atoms with van der Waals surface area (Å²) in [5.41, 5.74) is 4.49. The lowest BCUT2D eigenvalue weighted by Gasteiger charge is -2.09. The van der Waals surface area contributed by atoms with Crippen LogP contribution in [0.1, 0.15) is 5.56 Å². The Kier molecular flexibility index (Phi) is 4.97. The molecule has 2 N–H and O–H groups in total. The van der Waals surface area contributed by atoms with Crippen LogP contribution >= 0.6 is 0 Å². The highest BCUT2D eigenvalue weighted by atomic mass is 16.5. The molecule has 0 unspecified atom stereocenters. The van der Waals surface area contributed by atoms with E-state index in [1.807, 2.05) is 24.3 Å². The van der Waals surface area contributed by atoms with Crippen LogP contribution < -0.4 is 14.9 Å². The van der Waals surface area contributed by atoms with E-state index in [-0.39, 0.29) is 29.7 Å². The maximum absolute atomic E-state index is 12.0. The van der Waals surface area contributed by atoms with E-state index < -0.39 is 0 Å². The number of rotatable bonds is 6. The molecule has 0 saturated carbocycles. The van der Waals surface area contributed by atoms with E-state index in [2.05, 4.69) is 20.8 Å². The van der Waals surface area contributed by atoms with Crippen molar-refractivity contribution in [2.24, 2.45) is 5.10 Å². The van der Waals surface area contributed by atoms with E-state index in [1.165, 1.54) is 25.1 Å². The van der Waals surface area contributed by atoms with Crippen molar-refractivity contribution in [2.45, 2.75) is 6.54 Å². The van der Waals surface area contributed by atoms with Crippen LogP contribution in [-0.4, -0.2) is 46.4 Å². The summed E-state index contributed by atoms with van der Waals surface area (Å²) in [7, 11) is 2.86. The second-order valence-corrected chi connectivity index (χ2v) is 5.30. The number of nitrogens with one attached hydrogen (secondary N) is 1. The van der Waals surface area contributed by atoms with E-state index in [9.17, 15) is 9.90 Å². The molecular weight excluding hydrogens is 338 g/mol. The van der Waals surface area contributed by atoms with E-state index in [4.69, 9.17) is 9.47 Å². The van der Waals surface area contributed by atoms with Crippen LogP contribution in [0.4, 0.5) is 0 Å². The molecule has 1 heterocycles. The highest BCUT2D eigenvalue weighted by molar-refractivity contribution is 5.84. The van der Waals surface area contributed by atoms with Gasteiger partial charge >= 0.3 is 0 Å². The van der Waals surface area contributed by atoms with Crippen LogP contribution in [-0.2, 0) is 11.3 Å². The van der Waals surface area contributed by atoms with Crippen molar-refractivity contribution in [3.8, 4) is 17.2 Å². The Hall–Kier alpha value is -3.62. The van der Waals surface area contributed by atoms with Gasteiger partial charge in [0.15, 0.2) is 11.5 Å². The van der Waals surface area contributed by atoms with Gasteiger partial charge in [0, 0.05) is 5.56 Å². The number of ether oxygens (including phenoxy) is 2. The number of nitrogens with zero attached hydrogens (tertiary/aromatic N) is 4. The topological polar surface area (TPSA) is 111 Å². The molecule has 0 spiro atoms. The Morgan fingerprint density at radius 3 is 2.65 bits per heavy atom. The fourth-order valence-electron chi connectivity index (χ4n) is 2.37. The summed E-state index contributed by atoms with van der Waals surface area (Å²) in [6, 6.07) is 10.5. The molecule has 0 saturated heterocycles. The monoisotopic (exact) mass is 355 g/mol. The number of phenols is 1. The number of hydrogen-bond acceptors (Lipinski definition) is 7. The smallest absolute Gasteiger partial charge is 0.261 e. The first-order valence-corrected chi connectivity index (χ1v) is 7.67. The van der Waals surface area contributed by atoms with E-state index in [0.717, 1.165) is 5.52 Å². The van der Waals surface area contributed by atoms with Gasteiger partial charge in [-0.2, -0.15) is 5.10 Å². The van der Waals surface area contributed by atoms with Gasteiger partial charge in [0.1, 0.15) is 12.1 Å². The van der Waals surface area contributed by atoms with Gasteiger partial charge < -0.3 is 14.6 Å². The molecule has 1 aromatic heterocycles. The molecule has 9 heteroatoms. The standard InChI is InChI=1S/C17H17N5O4/c1-25-14-7-11(8-15(26-2)17(14)24)9-18-20-16(23)10-22-13-6-4-3-5-12(13)19-21-22/h3-9,24H,10H2,1-2H3,(H,20,23)/b18-9-. The van der Waals surface area contributed by atoms with Gasteiger partial charge in [0.05, 0.1) is 26.0 Å². The lowest BCUT2D eigenvalue weighted by atomic mass is 10.2. The Morgan fingerprint density at radius 1 is 1.27 bits per heavy atom. The molecule has 3 aromatic rings. The Morgan fingerprint density at radius 2 is 1.96 bits per heavy atom. The third kappa shape index (κ3) is 3.56. The molecule has 3 rings (SSSR count). The van der Waals surface area contributed by atoms with Crippen LogP contribution in [0.15, 0.2) is 41.5 Å². The number of fused-ring (bicyclic) bond motifs is 1. The SMILES string of the molecule is COc1cc(/C=N\NC(=O)Cn2nnc3ccccc32)cc(OC)c1O. The van der Waals surface area contributed by atoms with Crippen LogP contribution in [0.5, 0.6) is 17.2 Å². The summed E-state index contributed by atoms with van der Waals surface area (Å²) in [5, 5.41) is 21.7. The lowest BCUT2D eigenvalue weighted by molar-refractivity contribution is -0.121. The number of hydrogen-bond donors (Lipinski definition) is 2. The highest BCUT2D eigenvalue weighted by Gasteiger charge is 2.11. The zero-order valence-electron chi connectivity index (χ0n) is 14.2. The summed E-state index contributed by atoms with van der Waals surface area (Å²) in [6.45, 7) is -0.0138. The predicted octanol–water partition coefficient (Wildman–Crippen LogP) is 1.30. The van der Waals surface area contributed by atoms with Gasteiger partial charge in [-0.15, -0.1) is 5.10 Å². The van der Waals surface area contributed by atoms with Crippen molar-refractivity contribution in [1.29, 1.82) is 0 Å². The second-order valence-electron chi connectivity index (χ2n) is 5.30. The third-order valence-corrected chi connectivity index (χ3v) is 3.62. The first kappa shape index (κ1) is 17.2. The normalized spacial score (nSPS) is 11.0. The van der Waals surface area contributed by atoms with Crippen LogP contribution in [0, 0.1) is 0 Å². The van der Waals surface area contributed by atoms with Crippen molar-refractivity contribution in [3.63, 3.8) is 0 Å². The van der Waals surface area contributed by atoms with Crippen molar-refractivity contribution in [1.82, 2.24) is 20.4 Å². The number of benzene rings is 2. The van der Waals surface area contributed by atoms with Crippen LogP contribution in [0.3, 0.4) is 0 Å². The number of amides is 1. The van der Waals surface area contributed by atoms with Crippen molar-refractivity contribution >= 4 is 23.2 Å². The Bertz CT molecular complexity index is 942. The average molecular weight is 355 g/mol. The molecule has 9 nitrogen and oxygen atoms in total. The molecule has 2 aromatic carbocycles. The molecule has 0 radical (unpaired) electrons. The number of aromatic nitrogens is 3. The van der Waals surface area contributed by atoms with Crippen molar-refractivity contribution < 1.29 is 19.4 Å². The molecule has 1 amide bonds. The maximum Gasteiger partial charge on any atom is 0.261 e. The lowest BCUT2D eigenvalue weighted by Crippen LogP contribution is -2.23. The zero-order chi connectivity index (χ0) is 18.5. The largest absolute Gasteiger partial charge is 0.502 e. The van der Waals surface area contributed by atoms with E-state index in [0.29, 0.717) is 11.1 Å². The molecule has 0 atom stereocenters. The third-order valence-electron chi connectivity index (χ3n) is 3.62. The van der Waals surface area contributed by atoms with Gasteiger partial charge in [-0.25, -0.2) is 10.1 Å². The molecule has 0 aliphatic heterocycles. The first-order chi connectivity index (χ1) is 12.6. The summed E-state index contributed by atoms with van der Waals surface area (Å²) < 4.78 is 11.6. The number of carbonyl (C=O) groups excluding carboxylic acids is 1. The van der Waals surface area contributed by atoms with Gasteiger partial charge in [0.25, 0.3) is 5.91 Å². The molecule has 0 aliphatic rings. The minimum Gasteiger partial charge on any atom is -0.502 e. The summed E-state index contributed by atoms with van der Waals surface area (Å²) in [5.74, 6) is 0.0290. The highest BCUT2D eigenvalue weighted by Crippen LogP contribution is 2.36. The van der Waals surface area contributed by atoms with Crippen LogP contribution in [0.25, 0.3) is 11.0 Å². The number of aromatic hydroxyl groups is 1. The fraction of sp³-hybridized carbons (Fsp3) is 0.176. The predicted molar refractivity (Wildman–Crippen MR) is 94.5 cm³/mol. The van der Waals surface area contributed by atoms with E-state index in [1.54, 1.807) is 12.1 Å². The quantitative estimate of drug-likeness (QED) is 0.509. The van der Waals surface area contributed by atoms with Crippen LogP contribution in [0.2, 0.25) is 0 Å². The molecule has 134 valence electrons. The Balaban J connectivity index is 1.67. The molecule has 0 bridgehead atoms. The number of para-hydroxylation sites is 1. The maximum atomic E-state index is 12.0. The summed E-state index contributed by atoms with van der Waals surface area (Å²) in [6.07, 6.45) is 1.42. The number of methoxy groups -OCH3 is 2. The van der Waals surface area contributed by atoms with Gasteiger partial charge in [-0.05, 0) is 24.3 Å². The van der Waals surface area contributed by atoms with Crippen molar-refractivity contribution in [2.75, 3.05) is 14.2 Å². The number of phenolic OH excluding ortho intramolecular Hbond substituents is 1. The average Bonchev–Trinajstić information content (AvgIpc) is 3.05. The fourth-order valence-corrected chi connectivity index (χ4v) is 2.37. The van der Waals surface area contributed by atoms with Gasteiger partial charge in [0.2, 0.25) is 5.75 Å². The molecular formula is C17H17N5O4. The second kappa shape index (κ2) is 7.51. The van der Waals surface area contributed by atoms with Gasteiger partial charge in [-0.3, -0.25) is 4.79 Å². The molecule has 26 heavy (non-hydrogen) atoms. The molecule has 0 fully saturated rings. The Labute approximate surface area is 148 Å². The molecule has 0 aliphatic carbocycles. The minimum atomic E-state index is -0.352. The van der Waals surface area contributed by atoms with E-state index >= 15 is 0 Å². The minimum absolute atomic E-state index is 0.0138. The van der Waals surface area contributed by atoms with Crippen molar-refractivity contribution in [3.05, 3.63) is 42.0 Å². The summed E-state index contributed by atoms with van der Waals surface area (Å²) >= 11 is 0. The summed E-state index contributed by atoms with van der Waals surface area (Å²) in [4.78, 5) is 12.0. The van der Waals surface area contributed by atoms with Gasteiger partial charge in [-0.1, -0.05) is 17.3 Å².